The maximum absolute atomic E-state index is 12.0. The lowest BCUT2D eigenvalue weighted by Crippen LogP contribution is -2.26. The zero-order valence-corrected chi connectivity index (χ0v) is 17.0. The number of carbonyl (C=O) groups is 2. The van der Waals surface area contributed by atoms with Crippen molar-refractivity contribution in [1.29, 1.82) is 0 Å². The Kier molecular flexibility index (Phi) is 12.3. The van der Waals surface area contributed by atoms with Crippen LogP contribution in [-0.2, 0) is 18.2 Å². The molecular formula is C16H24N2O8P2+2. The van der Waals surface area contributed by atoms with Crippen molar-refractivity contribution in [2.75, 3.05) is 26.3 Å². The van der Waals surface area contributed by atoms with Gasteiger partial charge in [-0.2, -0.15) is 0 Å². The van der Waals surface area contributed by atoms with Crippen molar-refractivity contribution in [1.82, 2.24) is 10.6 Å². The van der Waals surface area contributed by atoms with E-state index >= 15 is 0 Å². The van der Waals surface area contributed by atoms with Crippen molar-refractivity contribution in [2.45, 2.75) is 25.7 Å². The average Bonchev–Trinajstić information content (AvgIpc) is 2.66. The van der Waals surface area contributed by atoms with Crippen LogP contribution in [0.4, 0.5) is 0 Å². The van der Waals surface area contributed by atoms with Crippen LogP contribution >= 0.6 is 16.5 Å². The van der Waals surface area contributed by atoms with Gasteiger partial charge >= 0.3 is 16.5 Å². The van der Waals surface area contributed by atoms with E-state index in [4.69, 9.17) is 9.79 Å². The Morgan fingerprint density at radius 2 is 1.11 bits per heavy atom. The fourth-order valence-corrected chi connectivity index (χ4v) is 2.69. The summed E-state index contributed by atoms with van der Waals surface area (Å²) < 4.78 is 29.7. The molecule has 0 heterocycles. The van der Waals surface area contributed by atoms with Gasteiger partial charge in [-0.05, 0) is 49.9 Å². The van der Waals surface area contributed by atoms with E-state index < -0.39 is 16.5 Å². The number of unbranched alkanes of at least 4 members (excludes halogenated alkanes) is 2. The first-order chi connectivity index (χ1) is 13.4. The third kappa shape index (κ3) is 11.1. The predicted molar refractivity (Wildman–Crippen MR) is 101 cm³/mol. The summed E-state index contributed by atoms with van der Waals surface area (Å²) in [6.07, 6.45) is 2.31. The molecule has 1 aromatic carbocycles. The highest BCUT2D eigenvalue weighted by atomic mass is 31.1. The van der Waals surface area contributed by atoms with Gasteiger partial charge in [-0.3, -0.25) is 9.59 Å². The van der Waals surface area contributed by atoms with Gasteiger partial charge in [0.15, 0.2) is 0 Å². The van der Waals surface area contributed by atoms with E-state index in [1.165, 1.54) is 0 Å². The highest BCUT2D eigenvalue weighted by molar-refractivity contribution is 7.32. The zero-order valence-electron chi connectivity index (χ0n) is 15.2. The van der Waals surface area contributed by atoms with Gasteiger partial charge in [0.1, 0.15) is 13.2 Å². The summed E-state index contributed by atoms with van der Waals surface area (Å²) in [7, 11) is -5.17. The lowest BCUT2D eigenvalue weighted by Gasteiger charge is -2.07. The van der Waals surface area contributed by atoms with Crippen LogP contribution in [0.5, 0.6) is 0 Å². The maximum atomic E-state index is 12.0. The van der Waals surface area contributed by atoms with E-state index in [0.717, 1.165) is 0 Å². The van der Waals surface area contributed by atoms with Gasteiger partial charge in [0.25, 0.3) is 11.8 Å². The molecule has 1 rings (SSSR count). The Balaban J connectivity index is 2.25. The van der Waals surface area contributed by atoms with Crippen LogP contribution in [-0.4, -0.2) is 47.9 Å². The molecule has 12 heteroatoms. The minimum Gasteiger partial charge on any atom is -0.352 e. The molecule has 1 aromatic rings. The molecule has 0 aliphatic carbocycles. The highest BCUT2D eigenvalue weighted by Gasteiger charge is 2.12. The van der Waals surface area contributed by atoms with Gasteiger partial charge in [0.05, 0.1) is 0 Å². The van der Waals surface area contributed by atoms with E-state index in [0.29, 0.717) is 49.9 Å². The third-order valence-corrected chi connectivity index (χ3v) is 4.33. The van der Waals surface area contributed by atoms with Crippen LogP contribution in [0.2, 0.25) is 0 Å². The molecule has 10 nitrogen and oxygen atoms in total. The average molecular weight is 434 g/mol. The van der Waals surface area contributed by atoms with Crippen LogP contribution in [0.15, 0.2) is 24.3 Å². The summed E-state index contributed by atoms with van der Waals surface area (Å²) in [5.41, 5.74) is 0.836. The summed E-state index contributed by atoms with van der Waals surface area (Å²) in [6.45, 7) is 1.11. The largest absolute Gasteiger partial charge is 0.694 e. The van der Waals surface area contributed by atoms with E-state index in [9.17, 15) is 18.7 Å². The van der Waals surface area contributed by atoms with Gasteiger partial charge in [-0.1, -0.05) is 0 Å². The summed E-state index contributed by atoms with van der Waals surface area (Å²) in [5.74, 6) is -0.549. The van der Waals surface area contributed by atoms with Crippen LogP contribution in [0, 0.1) is 0 Å². The van der Waals surface area contributed by atoms with Crippen molar-refractivity contribution in [3.63, 3.8) is 0 Å². The smallest absolute Gasteiger partial charge is 0.352 e. The summed E-state index contributed by atoms with van der Waals surface area (Å²) in [4.78, 5) is 41.0. The Morgan fingerprint density at radius 1 is 0.750 bits per heavy atom. The molecule has 0 bridgehead atoms. The molecule has 2 unspecified atom stereocenters. The first-order valence-corrected chi connectivity index (χ1v) is 10.9. The van der Waals surface area contributed by atoms with Crippen molar-refractivity contribution in [3.8, 4) is 0 Å². The molecule has 0 radical (unpaired) electrons. The molecule has 154 valence electrons. The SMILES string of the molecule is O=C(NCCCCO[P+](=O)O)c1ccc(C(=O)NCCCCO[P+](=O)O)cc1. The van der Waals surface area contributed by atoms with Crippen molar-refractivity contribution >= 4 is 28.3 Å². The minimum atomic E-state index is -2.58. The van der Waals surface area contributed by atoms with Gasteiger partial charge in [0.2, 0.25) is 0 Å². The van der Waals surface area contributed by atoms with E-state index in [1.807, 2.05) is 0 Å². The molecule has 0 aromatic heterocycles. The van der Waals surface area contributed by atoms with Crippen molar-refractivity contribution in [3.05, 3.63) is 35.4 Å². The molecule has 2 atom stereocenters. The number of hydrogen-bond donors (Lipinski definition) is 4. The number of amides is 2. The van der Waals surface area contributed by atoms with Gasteiger partial charge in [-0.25, -0.2) is 0 Å². The minimum absolute atomic E-state index is 0.153. The lowest BCUT2D eigenvalue weighted by atomic mass is 10.1. The Morgan fingerprint density at radius 3 is 1.43 bits per heavy atom. The molecular weight excluding hydrogens is 410 g/mol. The molecule has 0 saturated carbocycles. The standard InChI is InChI=1S/C16H22N2O8P2/c19-15(17-9-1-3-11-25-27(21)22)13-5-7-14(8-6-13)16(20)18-10-2-4-12-26-28(23)24/h5-8H,1-4,9-12H2,(H2-2,17,18,19,20,21,22,23,24)/p+2. The Bertz CT molecular complexity index is 612. The van der Waals surface area contributed by atoms with Crippen LogP contribution in [0.25, 0.3) is 0 Å². The lowest BCUT2D eigenvalue weighted by molar-refractivity contribution is 0.0940. The third-order valence-electron chi connectivity index (χ3n) is 3.53. The summed E-state index contributed by atoms with van der Waals surface area (Å²) in [6, 6.07) is 6.20. The zero-order chi connectivity index (χ0) is 20.8. The van der Waals surface area contributed by atoms with Crippen molar-refractivity contribution in [2.24, 2.45) is 0 Å². The second-order valence-electron chi connectivity index (χ2n) is 5.65. The molecule has 4 N–H and O–H groups in total. The van der Waals surface area contributed by atoms with Crippen LogP contribution in [0.3, 0.4) is 0 Å². The summed E-state index contributed by atoms with van der Waals surface area (Å²) >= 11 is 0. The second-order valence-corrected chi connectivity index (χ2v) is 7.11. The first kappa shape index (κ1) is 24.2. The van der Waals surface area contributed by atoms with Crippen molar-refractivity contribution < 1.29 is 37.6 Å². The Labute approximate surface area is 164 Å². The fraction of sp³-hybridized carbons (Fsp3) is 0.500. The maximum Gasteiger partial charge on any atom is 0.694 e. The number of hydrogen-bond acceptors (Lipinski definition) is 6. The van der Waals surface area contributed by atoms with E-state index in [-0.39, 0.29) is 25.0 Å². The predicted octanol–water partition coefficient (Wildman–Crippen LogP) is 2.04. The monoisotopic (exact) mass is 434 g/mol. The number of benzene rings is 1. The highest BCUT2D eigenvalue weighted by Crippen LogP contribution is 2.15. The van der Waals surface area contributed by atoms with E-state index in [1.54, 1.807) is 24.3 Å². The quantitative estimate of drug-likeness (QED) is 0.257. The summed E-state index contributed by atoms with van der Waals surface area (Å²) in [5, 5.41) is 5.43. The molecule has 0 fully saturated rings. The molecule has 0 aliphatic rings. The molecule has 0 spiro atoms. The van der Waals surface area contributed by atoms with Gasteiger partial charge in [-0.15, -0.1) is 18.8 Å². The topological polar surface area (TPSA) is 151 Å². The molecule has 28 heavy (non-hydrogen) atoms. The van der Waals surface area contributed by atoms with E-state index in [2.05, 4.69) is 19.7 Å². The number of rotatable bonds is 14. The first-order valence-electron chi connectivity index (χ1n) is 8.64. The van der Waals surface area contributed by atoms with Crippen LogP contribution < -0.4 is 10.6 Å². The second kappa shape index (κ2) is 14.2. The molecule has 2 amide bonds. The molecule has 0 aliphatic heterocycles. The van der Waals surface area contributed by atoms with Crippen LogP contribution in [0.1, 0.15) is 46.4 Å². The normalized spacial score (nSPS) is 11.6. The fourth-order valence-electron chi connectivity index (χ4n) is 2.12. The molecule has 0 saturated heterocycles. The number of nitrogens with one attached hydrogen (secondary N) is 2. The number of carbonyl (C=O) groups excluding carboxylic acids is 2. The van der Waals surface area contributed by atoms with Gasteiger partial charge < -0.3 is 10.6 Å². The van der Waals surface area contributed by atoms with Gasteiger partial charge in [0, 0.05) is 33.3 Å². The Hall–Kier alpha value is -1.80.